The lowest BCUT2D eigenvalue weighted by Gasteiger charge is -2.26. The van der Waals surface area contributed by atoms with Crippen LogP contribution in [-0.2, 0) is 4.79 Å². The fraction of sp³-hybridized carbons (Fsp3) is 0.562. The van der Waals surface area contributed by atoms with Gasteiger partial charge in [-0.1, -0.05) is 19.1 Å². The van der Waals surface area contributed by atoms with E-state index in [0.29, 0.717) is 18.3 Å². The van der Waals surface area contributed by atoms with Gasteiger partial charge in [0.1, 0.15) is 5.75 Å². The number of amides is 1. The second kappa shape index (κ2) is 7.29. The number of anilines is 1. The number of carbonyl (C=O) groups excluding carboxylic acids is 1. The molecule has 0 spiro atoms. The van der Waals surface area contributed by atoms with Crippen molar-refractivity contribution >= 4 is 11.6 Å². The van der Waals surface area contributed by atoms with Gasteiger partial charge in [-0.2, -0.15) is 0 Å². The van der Waals surface area contributed by atoms with E-state index in [1.165, 1.54) is 25.7 Å². The van der Waals surface area contributed by atoms with E-state index in [4.69, 9.17) is 4.74 Å². The lowest BCUT2D eigenvalue weighted by molar-refractivity contribution is -0.115. The molecule has 110 valence electrons. The Morgan fingerprint density at radius 1 is 1.25 bits per heavy atom. The molecule has 0 radical (unpaired) electrons. The Balaban J connectivity index is 1.78. The predicted octanol–water partition coefficient (Wildman–Crippen LogP) is 2.80. The summed E-state index contributed by atoms with van der Waals surface area (Å²) in [5, 5.41) is 6.23. The number of hydrogen-bond acceptors (Lipinski definition) is 3. The number of carbonyl (C=O) groups is 1. The maximum atomic E-state index is 12.0. The van der Waals surface area contributed by atoms with Gasteiger partial charge in [0, 0.05) is 6.04 Å². The lowest BCUT2D eigenvalue weighted by Crippen LogP contribution is -2.38. The molecular formula is C16H24N2O2. The number of ether oxygens (including phenoxy) is 1. The quantitative estimate of drug-likeness (QED) is 0.869. The van der Waals surface area contributed by atoms with Gasteiger partial charge in [-0.25, -0.2) is 0 Å². The number of benzene rings is 1. The first-order chi connectivity index (χ1) is 9.69. The Kier molecular flexibility index (Phi) is 5.41. The molecule has 1 aromatic rings. The topological polar surface area (TPSA) is 50.4 Å². The maximum Gasteiger partial charge on any atom is 0.238 e. The van der Waals surface area contributed by atoms with E-state index in [0.717, 1.165) is 11.6 Å². The van der Waals surface area contributed by atoms with Crippen molar-refractivity contribution in [2.75, 3.05) is 19.0 Å². The number of hydrogen-bond donors (Lipinski definition) is 2. The molecule has 1 aromatic carbocycles. The molecule has 0 aliphatic heterocycles. The second-order valence-corrected chi connectivity index (χ2v) is 5.59. The minimum absolute atomic E-state index is 0.0203. The summed E-state index contributed by atoms with van der Waals surface area (Å²) < 4.78 is 5.22. The first-order valence-electron chi connectivity index (χ1n) is 7.35. The van der Waals surface area contributed by atoms with E-state index in [-0.39, 0.29) is 5.91 Å². The molecule has 0 saturated heterocycles. The monoisotopic (exact) mass is 276 g/mol. The smallest absolute Gasteiger partial charge is 0.238 e. The van der Waals surface area contributed by atoms with E-state index >= 15 is 0 Å². The number of para-hydroxylation sites is 2. The molecule has 1 saturated carbocycles. The van der Waals surface area contributed by atoms with Crippen molar-refractivity contribution in [3.05, 3.63) is 24.3 Å². The summed E-state index contributed by atoms with van der Waals surface area (Å²) in [4.78, 5) is 12.0. The number of methoxy groups -OCH3 is 1. The molecule has 1 aliphatic carbocycles. The molecular weight excluding hydrogens is 252 g/mol. The van der Waals surface area contributed by atoms with E-state index in [2.05, 4.69) is 17.6 Å². The zero-order chi connectivity index (χ0) is 14.4. The van der Waals surface area contributed by atoms with Crippen molar-refractivity contribution in [1.29, 1.82) is 0 Å². The van der Waals surface area contributed by atoms with Gasteiger partial charge in [0.2, 0.25) is 5.91 Å². The summed E-state index contributed by atoms with van der Waals surface area (Å²) in [5.41, 5.74) is 0.721. The van der Waals surface area contributed by atoms with E-state index in [1.807, 2.05) is 24.3 Å². The first-order valence-corrected chi connectivity index (χ1v) is 7.35. The van der Waals surface area contributed by atoms with Gasteiger partial charge in [0.15, 0.2) is 0 Å². The predicted molar refractivity (Wildman–Crippen MR) is 81.0 cm³/mol. The van der Waals surface area contributed by atoms with Gasteiger partial charge in [-0.3, -0.25) is 4.79 Å². The van der Waals surface area contributed by atoms with Crippen LogP contribution in [0.5, 0.6) is 5.75 Å². The summed E-state index contributed by atoms with van der Waals surface area (Å²) in [5.74, 6) is 1.50. The molecule has 2 rings (SSSR count). The van der Waals surface area contributed by atoms with E-state index in [1.54, 1.807) is 7.11 Å². The van der Waals surface area contributed by atoms with Crippen LogP contribution in [0.3, 0.4) is 0 Å². The van der Waals surface area contributed by atoms with Crippen molar-refractivity contribution in [2.45, 2.75) is 38.6 Å². The van der Waals surface area contributed by atoms with E-state index < -0.39 is 0 Å². The SMILES string of the molecule is COc1ccccc1NC(=O)CNC1CCC(C)CC1. The summed E-state index contributed by atoms with van der Waals surface area (Å²) in [7, 11) is 1.60. The molecule has 0 heterocycles. The average molecular weight is 276 g/mol. The minimum Gasteiger partial charge on any atom is -0.495 e. The first kappa shape index (κ1) is 14.9. The van der Waals surface area contributed by atoms with Crippen LogP contribution in [0.25, 0.3) is 0 Å². The third kappa shape index (κ3) is 4.23. The Hall–Kier alpha value is -1.55. The Bertz CT molecular complexity index is 440. The number of nitrogens with one attached hydrogen (secondary N) is 2. The molecule has 0 unspecified atom stereocenters. The molecule has 0 atom stereocenters. The van der Waals surface area contributed by atoms with Crippen LogP contribution in [0.4, 0.5) is 5.69 Å². The van der Waals surface area contributed by atoms with Crippen molar-refractivity contribution in [1.82, 2.24) is 5.32 Å². The van der Waals surface area contributed by atoms with Crippen LogP contribution >= 0.6 is 0 Å². The highest BCUT2D eigenvalue weighted by molar-refractivity contribution is 5.93. The molecule has 4 heteroatoms. The molecule has 1 aliphatic rings. The molecule has 0 bridgehead atoms. The molecule has 2 N–H and O–H groups in total. The standard InChI is InChI=1S/C16H24N2O2/c1-12-7-9-13(10-8-12)17-11-16(19)18-14-5-3-4-6-15(14)20-2/h3-6,12-13,17H,7-11H2,1-2H3,(H,18,19). The summed E-state index contributed by atoms with van der Waals surface area (Å²) in [6.07, 6.45) is 4.85. The molecule has 4 nitrogen and oxygen atoms in total. The summed E-state index contributed by atoms with van der Waals surface area (Å²) in [6.45, 7) is 2.65. The van der Waals surface area contributed by atoms with Gasteiger partial charge in [0.05, 0.1) is 19.3 Å². The van der Waals surface area contributed by atoms with Crippen molar-refractivity contribution in [2.24, 2.45) is 5.92 Å². The summed E-state index contributed by atoms with van der Waals surface area (Å²) in [6, 6.07) is 7.93. The van der Waals surface area contributed by atoms with Crippen LogP contribution in [-0.4, -0.2) is 25.6 Å². The molecule has 1 amide bonds. The van der Waals surface area contributed by atoms with Crippen molar-refractivity contribution in [3.8, 4) is 5.75 Å². The van der Waals surface area contributed by atoms with Crippen LogP contribution < -0.4 is 15.4 Å². The minimum atomic E-state index is -0.0203. The third-order valence-corrected chi connectivity index (χ3v) is 3.95. The fourth-order valence-corrected chi connectivity index (χ4v) is 2.64. The fourth-order valence-electron chi connectivity index (χ4n) is 2.64. The van der Waals surface area contributed by atoms with Crippen LogP contribution in [0.1, 0.15) is 32.6 Å². The molecule has 20 heavy (non-hydrogen) atoms. The van der Waals surface area contributed by atoms with Crippen molar-refractivity contribution < 1.29 is 9.53 Å². The average Bonchev–Trinajstić information content (AvgIpc) is 2.47. The second-order valence-electron chi connectivity index (χ2n) is 5.59. The molecule has 1 fully saturated rings. The maximum absolute atomic E-state index is 12.0. The van der Waals surface area contributed by atoms with Crippen LogP contribution in [0.15, 0.2) is 24.3 Å². The Morgan fingerprint density at radius 2 is 1.95 bits per heavy atom. The normalized spacial score (nSPS) is 22.3. The summed E-state index contributed by atoms with van der Waals surface area (Å²) >= 11 is 0. The highest BCUT2D eigenvalue weighted by Crippen LogP contribution is 2.24. The van der Waals surface area contributed by atoms with Gasteiger partial charge >= 0.3 is 0 Å². The highest BCUT2D eigenvalue weighted by Gasteiger charge is 2.18. The number of rotatable bonds is 5. The van der Waals surface area contributed by atoms with Crippen LogP contribution in [0, 0.1) is 5.92 Å². The third-order valence-electron chi connectivity index (χ3n) is 3.95. The van der Waals surface area contributed by atoms with Crippen LogP contribution in [0.2, 0.25) is 0 Å². The molecule has 0 aromatic heterocycles. The lowest BCUT2D eigenvalue weighted by atomic mass is 9.87. The largest absolute Gasteiger partial charge is 0.495 e. The van der Waals surface area contributed by atoms with Gasteiger partial charge < -0.3 is 15.4 Å². The van der Waals surface area contributed by atoms with Crippen molar-refractivity contribution in [3.63, 3.8) is 0 Å². The highest BCUT2D eigenvalue weighted by atomic mass is 16.5. The zero-order valence-electron chi connectivity index (χ0n) is 12.3. The van der Waals surface area contributed by atoms with Gasteiger partial charge in [-0.05, 0) is 43.7 Å². The Morgan fingerprint density at radius 3 is 2.65 bits per heavy atom. The van der Waals surface area contributed by atoms with E-state index in [9.17, 15) is 4.79 Å². The van der Waals surface area contributed by atoms with Gasteiger partial charge in [-0.15, -0.1) is 0 Å². The van der Waals surface area contributed by atoms with Gasteiger partial charge in [0.25, 0.3) is 0 Å². The zero-order valence-corrected chi connectivity index (χ0v) is 12.3. The Labute approximate surface area is 120 Å².